The van der Waals surface area contributed by atoms with E-state index in [0.29, 0.717) is 34.7 Å². The molecule has 196 valence electrons. The number of dihydropyridines is 1. The van der Waals surface area contributed by atoms with Crippen LogP contribution in [0, 0.1) is 10.1 Å². The number of methoxy groups -OCH3 is 1. The second-order valence-corrected chi connectivity index (χ2v) is 11.1. The van der Waals surface area contributed by atoms with E-state index in [1.54, 1.807) is 30.0 Å². The normalized spacial score (nSPS) is 19.4. The quantitative estimate of drug-likeness (QED) is 0.193. The molecule has 0 fully saturated rings. The Bertz CT molecular complexity index is 1280. The highest BCUT2D eigenvalue weighted by molar-refractivity contribution is 7.99. The first kappa shape index (κ1) is 26.7. The molecule has 2 atom stereocenters. The summed E-state index contributed by atoms with van der Waals surface area (Å²) in [5.74, 6) is -0.880. The largest absolute Gasteiger partial charge is 0.500 e. The number of thioether (sulfide) groups is 1. The molecule has 0 saturated carbocycles. The van der Waals surface area contributed by atoms with Crippen molar-refractivity contribution in [2.45, 2.75) is 38.5 Å². The average molecular weight is 545 g/mol. The fourth-order valence-corrected chi connectivity index (χ4v) is 6.18. The zero-order chi connectivity index (χ0) is 26.7. The number of hydrogen-bond acceptors (Lipinski definition) is 10. The van der Waals surface area contributed by atoms with Crippen LogP contribution in [-0.4, -0.2) is 47.0 Å². The molecule has 0 spiro atoms. The zero-order valence-electron chi connectivity index (χ0n) is 20.7. The summed E-state index contributed by atoms with van der Waals surface area (Å²) in [6, 6.07) is 6.59. The third-order valence-electron chi connectivity index (χ3n) is 6.49. The lowest BCUT2D eigenvalue weighted by atomic mass is 9.72. The van der Waals surface area contributed by atoms with E-state index in [1.165, 1.54) is 19.2 Å². The number of esters is 1. The van der Waals surface area contributed by atoms with Gasteiger partial charge in [0.2, 0.25) is 5.75 Å². The minimum atomic E-state index is -0.910. The number of phenolic OH excluding ortho intramolecular Hbond substituents is 1. The summed E-state index contributed by atoms with van der Waals surface area (Å²) in [4.78, 5) is 39.1. The molecule has 37 heavy (non-hydrogen) atoms. The van der Waals surface area contributed by atoms with Crippen LogP contribution in [-0.2, 0) is 14.3 Å². The number of benzene rings is 1. The topological polar surface area (TPSA) is 128 Å². The molecule has 2 aromatic rings. The number of nitro groups is 1. The minimum Gasteiger partial charge on any atom is -0.500 e. The lowest BCUT2D eigenvalue weighted by molar-refractivity contribution is -0.386. The van der Waals surface area contributed by atoms with Gasteiger partial charge in [-0.05, 0) is 42.2 Å². The maximum atomic E-state index is 13.6. The van der Waals surface area contributed by atoms with E-state index in [4.69, 9.17) is 9.47 Å². The van der Waals surface area contributed by atoms with Crippen molar-refractivity contribution >= 4 is 40.5 Å². The molecule has 4 rings (SSSR count). The van der Waals surface area contributed by atoms with Crippen molar-refractivity contribution in [1.29, 1.82) is 0 Å². The van der Waals surface area contributed by atoms with E-state index in [-0.39, 0.29) is 36.1 Å². The number of hydrogen-bond donors (Lipinski definition) is 2. The Labute approximate surface area is 222 Å². The van der Waals surface area contributed by atoms with Crippen LogP contribution in [0.4, 0.5) is 5.69 Å². The van der Waals surface area contributed by atoms with E-state index in [1.807, 2.05) is 24.4 Å². The van der Waals surface area contributed by atoms with E-state index in [9.17, 15) is 24.8 Å². The number of aromatic hydroxyl groups is 1. The van der Waals surface area contributed by atoms with E-state index < -0.39 is 28.2 Å². The van der Waals surface area contributed by atoms with Crippen LogP contribution in [0.2, 0.25) is 0 Å². The summed E-state index contributed by atoms with van der Waals surface area (Å²) in [7, 11) is 1.29. The molecule has 1 aliphatic heterocycles. The van der Waals surface area contributed by atoms with Crippen molar-refractivity contribution in [1.82, 2.24) is 5.32 Å². The van der Waals surface area contributed by atoms with Crippen LogP contribution in [0.25, 0.3) is 0 Å². The van der Waals surface area contributed by atoms with Gasteiger partial charge in [-0.2, -0.15) is 11.8 Å². The van der Waals surface area contributed by atoms with Crippen molar-refractivity contribution in [2.75, 3.05) is 25.2 Å². The number of phenols is 1. The summed E-state index contributed by atoms with van der Waals surface area (Å²) in [5, 5.41) is 27.3. The van der Waals surface area contributed by atoms with Crippen LogP contribution in [0.5, 0.6) is 11.5 Å². The highest BCUT2D eigenvalue weighted by atomic mass is 32.2. The molecular formula is C26H28N2O7S2. The van der Waals surface area contributed by atoms with E-state index in [0.717, 1.165) is 10.6 Å². The van der Waals surface area contributed by atoms with Crippen molar-refractivity contribution in [3.63, 3.8) is 0 Å². The number of allylic oxidation sites excluding steroid dienone is 3. The molecule has 1 aliphatic carbocycles. The van der Waals surface area contributed by atoms with Gasteiger partial charge in [0.05, 0.1) is 17.6 Å². The predicted molar refractivity (Wildman–Crippen MR) is 142 cm³/mol. The Morgan fingerprint density at radius 2 is 2.14 bits per heavy atom. The summed E-state index contributed by atoms with van der Waals surface area (Å²) >= 11 is 3.22. The number of thiophene rings is 1. The molecule has 1 aromatic heterocycles. The molecule has 0 amide bonds. The first-order valence-corrected chi connectivity index (χ1v) is 13.9. The maximum Gasteiger partial charge on any atom is 0.336 e. The fraction of sp³-hybridized carbons (Fsp3) is 0.385. The van der Waals surface area contributed by atoms with Crippen molar-refractivity contribution in [2.24, 2.45) is 0 Å². The molecule has 2 heterocycles. The molecular weight excluding hydrogens is 516 g/mol. The molecule has 2 N–H and O–H groups in total. The number of carbonyl (C=O) groups is 2. The van der Waals surface area contributed by atoms with Gasteiger partial charge >= 0.3 is 11.7 Å². The molecule has 9 nitrogen and oxygen atoms in total. The van der Waals surface area contributed by atoms with Crippen LogP contribution in [0.15, 0.2) is 52.2 Å². The summed E-state index contributed by atoms with van der Waals surface area (Å²) in [6.07, 6.45) is 0.811. The van der Waals surface area contributed by atoms with Gasteiger partial charge in [0.1, 0.15) is 6.61 Å². The smallest absolute Gasteiger partial charge is 0.336 e. The lowest BCUT2D eigenvalue weighted by Crippen LogP contribution is -2.36. The summed E-state index contributed by atoms with van der Waals surface area (Å²) in [5.41, 5.74) is 1.53. The second kappa shape index (κ2) is 11.4. The summed E-state index contributed by atoms with van der Waals surface area (Å²) in [6.45, 7) is 3.94. The second-order valence-electron chi connectivity index (χ2n) is 8.71. The molecule has 1 aromatic carbocycles. The van der Waals surface area contributed by atoms with Gasteiger partial charge in [-0.25, -0.2) is 4.79 Å². The van der Waals surface area contributed by atoms with Gasteiger partial charge in [-0.15, -0.1) is 11.3 Å². The first-order chi connectivity index (χ1) is 17.8. The Hall–Kier alpha value is -3.31. The number of nitro benzene ring substituents is 1. The van der Waals surface area contributed by atoms with Crippen LogP contribution in [0.3, 0.4) is 0 Å². The molecule has 0 bridgehead atoms. The van der Waals surface area contributed by atoms with Crippen LogP contribution >= 0.6 is 23.1 Å². The van der Waals surface area contributed by atoms with Crippen molar-refractivity contribution in [3.05, 3.63) is 72.7 Å². The highest BCUT2D eigenvalue weighted by Crippen LogP contribution is 2.49. The number of carbonyl (C=O) groups excluding carboxylic acids is 2. The third-order valence-corrected chi connectivity index (χ3v) is 8.38. The van der Waals surface area contributed by atoms with Gasteiger partial charge in [0.15, 0.2) is 11.5 Å². The Kier molecular flexibility index (Phi) is 8.23. The average Bonchev–Trinajstić information content (AvgIpc) is 3.41. The van der Waals surface area contributed by atoms with E-state index >= 15 is 0 Å². The van der Waals surface area contributed by atoms with Crippen LogP contribution < -0.4 is 10.1 Å². The van der Waals surface area contributed by atoms with Crippen LogP contribution in [0.1, 0.15) is 49.0 Å². The molecule has 0 unspecified atom stereocenters. The maximum absolute atomic E-state index is 13.6. The van der Waals surface area contributed by atoms with Gasteiger partial charge in [-0.3, -0.25) is 14.9 Å². The Balaban J connectivity index is 1.83. The third kappa shape index (κ3) is 5.37. The van der Waals surface area contributed by atoms with E-state index in [2.05, 4.69) is 5.32 Å². The molecule has 0 radical (unpaired) electrons. The van der Waals surface area contributed by atoms with Gasteiger partial charge < -0.3 is 19.9 Å². The van der Waals surface area contributed by atoms with Gasteiger partial charge in [0.25, 0.3) is 0 Å². The number of Topliss-reactive ketones (excluding diaryl/α,β-unsaturated/α-hetero) is 1. The Morgan fingerprint density at radius 1 is 1.35 bits per heavy atom. The van der Waals surface area contributed by atoms with Gasteiger partial charge in [-0.1, -0.05) is 13.0 Å². The molecule has 2 aliphatic rings. The number of ketones is 1. The van der Waals surface area contributed by atoms with Crippen molar-refractivity contribution in [3.8, 4) is 11.5 Å². The first-order valence-electron chi connectivity index (χ1n) is 11.8. The summed E-state index contributed by atoms with van der Waals surface area (Å²) < 4.78 is 10.8. The fourth-order valence-electron chi connectivity index (χ4n) is 4.86. The Morgan fingerprint density at radius 3 is 2.78 bits per heavy atom. The number of ether oxygens (including phenoxy) is 2. The monoisotopic (exact) mass is 544 g/mol. The lowest BCUT2D eigenvalue weighted by Gasteiger charge is -2.36. The number of rotatable bonds is 9. The number of nitrogens with zero attached hydrogens (tertiary/aromatic N) is 1. The molecule has 0 saturated heterocycles. The van der Waals surface area contributed by atoms with Crippen molar-refractivity contribution < 1.29 is 29.1 Å². The highest BCUT2D eigenvalue weighted by Gasteiger charge is 2.42. The SMILES string of the molecule is CCSCCOC(=O)C1=C(C)NC2=C(C(=O)C[C@H](c3cccs3)C2)[C@@H]1c1cc(OC)c(O)c([N+](=O)[O-])c1. The number of nitrogens with one attached hydrogen (secondary N) is 1. The molecule has 11 heteroatoms. The van der Waals surface area contributed by atoms with Gasteiger partial charge in [0, 0.05) is 51.9 Å². The zero-order valence-corrected chi connectivity index (χ0v) is 22.4. The standard InChI is InChI=1S/C26H28N2O7S2/c1-4-36-9-7-35-26(31)22-14(2)27-17-10-15(21-6-5-8-37-21)12-19(29)24(17)23(22)16-11-18(28(32)33)25(30)20(13-16)34-3/h5-6,8,11,13,15,23,27,30H,4,7,9-10,12H2,1-3H3/t15-,23-/m1/s1. The predicted octanol–water partition coefficient (Wildman–Crippen LogP) is 5.03. The minimum absolute atomic E-state index is 0.00420.